The molecule has 0 saturated carbocycles. The van der Waals surface area contributed by atoms with Gasteiger partial charge in [0.15, 0.2) is 17.6 Å². The van der Waals surface area contributed by atoms with Crippen molar-refractivity contribution < 1.29 is 38.8 Å². The van der Waals surface area contributed by atoms with Crippen molar-refractivity contribution in [2.75, 3.05) is 20.7 Å². The highest BCUT2D eigenvalue weighted by molar-refractivity contribution is 7.59. The van der Waals surface area contributed by atoms with E-state index in [4.69, 9.17) is 14.2 Å². The summed E-state index contributed by atoms with van der Waals surface area (Å²) in [4.78, 5) is 39.0. The zero-order valence-corrected chi connectivity index (χ0v) is 23.0. The Balaban J connectivity index is 0.00000336. The van der Waals surface area contributed by atoms with Gasteiger partial charge in [0.05, 0.1) is 13.5 Å². The fourth-order valence-corrected chi connectivity index (χ4v) is 6.68. The lowest BCUT2D eigenvalue weighted by Gasteiger charge is -2.56. The summed E-state index contributed by atoms with van der Waals surface area (Å²) in [6.07, 6.45) is 2.20. The van der Waals surface area contributed by atoms with Crippen molar-refractivity contribution >= 4 is 31.3 Å². The molecule has 2 aliphatic carbocycles. The highest BCUT2D eigenvalue weighted by Crippen LogP contribution is 2.62. The Morgan fingerprint density at radius 3 is 2.66 bits per heavy atom. The van der Waals surface area contributed by atoms with Crippen LogP contribution in [0.5, 0.6) is 11.5 Å². The van der Waals surface area contributed by atoms with Crippen LogP contribution < -0.4 is 14.8 Å². The number of hydrogen-bond donors (Lipinski definition) is 3. The number of benzene rings is 1. The van der Waals surface area contributed by atoms with E-state index in [-0.39, 0.29) is 24.8 Å². The highest BCUT2D eigenvalue weighted by Gasteiger charge is 2.65. The smallest absolute Gasteiger partial charge is 0.326 e. The molecule has 2 bridgehead atoms. The van der Waals surface area contributed by atoms with E-state index in [9.17, 15) is 24.6 Å². The molecule has 0 radical (unpaired) electrons. The number of methoxy groups -OCH3 is 1. The van der Waals surface area contributed by atoms with Crippen molar-refractivity contribution in [2.45, 2.75) is 68.9 Å². The van der Waals surface area contributed by atoms with Crippen molar-refractivity contribution in [3.8, 4) is 11.5 Å². The fraction of sp³-hybridized carbons (Fsp3) is 0.593. The number of ether oxygens (including phenoxy) is 3. The van der Waals surface area contributed by atoms with Crippen LogP contribution in [-0.4, -0.2) is 84.1 Å². The first-order chi connectivity index (χ1) is 17.6. The van der Waals surface area contributed by atoms with Crippen LogP contribution in [0.4, 0.5) is 0 Å². The minimum absolute atomic E-state index is 0. The summed E-state index contributed by atoms with van der Waals surface area (Å²) >= 11 is 0. The molecule has 38 heavy (non-hydrogen) atoms. The predicted octanol–water partition coefficient (Wildman–Crippen LogP) is 1.14. The molecule has 11 heteroatoms. The maximum atomic E-state index is 12.8. The van der Waals surface area contributed by atoms with E-state index in [1.807, 2.05) is 12.1 Å². The van der Waals surface area contributed by atoms with Gasteiger partial charge in [-0.1, -0.05) is 26.0 Å². The first kappa shape index (κ1) is 28.3. The van der Waals surface area contributed by atoms with E-state index in [0.717, 1.165) is 24.9 Å². The van der Waals surface area contributed by atoms with Crippen LogP contribution in [0.3, 0.4) is 0 Å². The van der Waals surface area contributed by atoms with E-state index in [1.54, 1.807) is 21.0 Å². The van der Waals surface area contributed by atoms with E-state index >= 15 is 0 Å². The summed E-state index contributed by atoms with van der Waals surface area (Å²) < 4.78 is 17.9. The number of likely N-dealkylation sites (N-methyl/N-ethyl adjacent to an activating group) is 1. The number of carbonyl (C=O) groups is 3. The van der Waals surface area contributed by atoms with Gasteiger partial charge in [0, 0.05) is 22.9 Å². The van der Waals surface area contributed by atoms with Crippen LogP contribution in [0, 0.1) is 11.8 Å². The number of hydrogen-bond acceptors (Lipinski definition) is 8. The number of nitrogens with one attached hydrogen (secondary N) is 1. The lowest BCUT2D eigenvalue weighted by Crippen LogP contribution is -2.65. The molecule has 7 atom stereocenters. The van der Waals surface area contributed by atoms with Crippen LogP contribution in [0.2, 0.25) is 0 Å². The molecule has 4 aliphatic rings. The predicted molar refractivity (Wildman–Crippen MR) is 142 cm³/mol. The summed E-state index contributed by atoms with van der Waals surface area (Å²) in [6, 6.07) is 3.15. The Kier molecular flexibility index (Phi) is 7.75. The Morgan fingerprint density at radius 2 is 2.00 bits per heavy atom. The third-order valence-corrected chi connectivity index (χ3v) is 8.50. The number of aliphatic hydroxyl groups is 1. The minimum Gasteiger partial charge on any atom is -0.493 e. The Labute approximate surface area is 228 Å². The summed E-state index contributed by atoms with van der Waals surface area (Å²) in [5.41, 5.74) is 2.00. The van der Waals surface area contributed by atoms with Crippen molar-refractivity contribution in [3.05, 3.63) is 35.4 Å². The van der Waals surface area contributed by atoms with Crippen molar-refractivity contribution in [1.29, 1.82) is 0 Å². The van der Waals surface area contributed by atoms with E-state index < -0.39 is 54.5 Å². The van der Waals surface area contributed by atoms with Crippen molar-refractivity contribution in [2.24, 2.45) is 11.8 Å². The van der Waals surface area contributed by atoms with Gasteiger partial charge in [0.25, 0.3) is 0 Å². The van der Waals surface area contributed by atoms with E-state index in [1.165, 1.54) is 5.56 Å². The molecule has 1 aromatic rings. The van der Waals surface area contributed by atoms with Gasteiger partial charge in [-0.05, 0) is 50.1 Å². The lowest BCUT2D eigenvalue weighted by molar-refractivity contribution is -0.159. The zero-order valence-electron chi connectivity index (χ0n) is 22.0. The molecule has 2 aliphatic heterocycles. The molecule has 1 amide bonds. The quantitative estimate of drug-likeness (QED) is 0.323. The van der Waals surface area contributed by atoms with Crippen molar-refractivity contribution in [3.63, 3.8) is 0 Å². The zero-order chi connectivity index (χ0) is 26.6. The summed E-state index contributed by atoms with van der Waals surface area (Å²) in [5, 5.41) is 21.9. The minimum atomic E-state index is -1.73. The van der Waals surface area contributed by atoms with Crippen LogP contribution >= 0.6 is 13.5 Å². The molecule has 5 rings (SSSR count). The molecule has 208 valence electrons. The fourth-order valence-electron chi connectivity index (χ4n) is 6.68. The third kappa shape index (κ3) is 4.34. The molecule has 3 N–H and O–H groups in total. The standard InChI is InChI=1S/C27H34N2O8.H2S/c1-13(2)22(26(33)34)28-25(32)17(30)12-20(31)36-19-8-6-15-16-11-14-5-7-18(35-4)23-21(14)27(15,24(19)37-23)9-10-29(16)3;/h5-8,13,15-17,19,22,24,30H,9-12H2,1-4H3,(H,28,32)(H,33,34);1H2/t15?,16-,17?,19+,22?,24+,27+;/m1./s1. The average Bonchev–Trinajstić information content (AvgIpc) is 3.20. The Morgan fingerprint density at radius 1 is 1.26 bits per heavy atom. The lowest BCUT2D eigenvalue weighted by atomic mass is 9.53. The number of carboxylic acids is 1. The maximum Gasteiger partial charge on any atom is 0.326 e. The number of nitrogens with zero attached hydrogens (tertiary/aromatic N) is 1. The number of amides is 1. The molecule has 1 fully saturated rings. The van der Waals surface area contributed by atoms with Crippen molar-refractivity contribution in [1.82, 2.24) is 10.2 Å². The van der Waals surface area contributed by atoms with Crippen LogP contribution in [0.15, 0.2) is 24.3 Å². The number of likely N-dealkylation sites (tertiary alicyclic amines) is 1. The molecule has 1 saturated heterocycles. The number of esters is 1. The summed E-state index contributed by atoms with van der Waals surface area (Å²) in [6.45, 7) is 4.16. The maximum absolute atomic E-state index is 12.8. The van der Waals surface area contributed by atoms with Crippen LogP contribution in [-0.2, 0) is 31.0 Å². The van der Waals surface area contributed by atoms with Gasteiger partial charge in [-0.2, -0.15) is 13.5 Å². The molecule has 2 heterocycles. The van der Waals surface area contributed by atoms with Gasteiger partial charge in [-0.25, -0.2) is 4.79 Å². The number of piperidine rings is 1. The largest absolute Gasteiger partial charge is 0.493 e. The van der Waals surface area contributed by atoms with Gasteiger partial charge in [-0.15, -0.1) is 0 Å². The molecular formula is C27H36N2O8S. The normalized spacial score (nSPS) is 29.8. The van der Waals surface area contributed by atoms with E-state index in [0.29, 0.717) is 17.5 Å². The molecule has 0 aromatic heterocycles. The second-order valence-electron chi connectivity index (χ2n) is 10.9. The first-order valence-electron chi connectivity index (χ1n) is 12.7. The highest BCUT2D eigenvalue weighted by atomic mass is 32.1. The van der Waals surface area contributed by atoms with Gasteiger partial charge in [0.1, 0.15) is 18.2 Å². The molecule has 1 aromatic carbocycles. The second-order valence-corrected chi connectivity index (χ2v) is 10.9. The van der Waals surface area contributed by atoms with Crippen LogP contribution in [0.25, 0.3) is 0 Å². The summed E-state index contributed by atoms with van der Waals surface area (Å²) in [7, 11) is 3.74. The number of rotatable bonds is 8. The third-order valence-electron chi connectivity index (χ3n) is 8.50. The van der Waals surface area contributed by atoms with E-state index in [2.05, 4.69) is 29.4 Å². The van der Waals surface area contributed by atoms with Gasteiger partial charge < -0.3 is 34.6 Å². The summed E-state index contributed by atoms with van der Waals surface area (Å²) in [5.74, 6) is -1.76. The Bertz CT molecular complexity index is 1160. The van der Waals surface area contributed by atoms with Crippen LogP contribution in [0.1, 0.15) is 37.8 Å². The number of carboxylic acid groups (broad SMARTS) is 1. The number of aliphatic carboxylic acids is 1. The SMILES string of the molecule is COc1ccc2c3c1O[C@H]1[C@@H](OC(=O)CC(O)C(=O)NC(C(=O)O)C(C)C)C=CC4[C@@H](C2)N(C)CC[C@@]341.S. The topological polar surface area (TPSA) is 135 Å². The first-order valence-corrected chi connectivity index (χ1v) is 12.7. The number of carbonyl (C=O) groups excluding carboxylic acids is 2. The molecule has 10 nitrogen and oxygen atoms in total. The second kappa shape index (κ2) is 10.4. The Hall–Kier alpha value is -2.76. The average molecular weight is 549 g/mol. The molecular weight excluding hydrogens is 512 g/mol. The monoisotopic (exact) mass is 548 g/mol. The van der Waals surface area contributed by atoms with Gasteiger partial charge in [0.2, 0.25) is 5.91 Å². The molecule has 1 spiro atoms. The van der Waals surface area contributed by atoms with Gasteiger partial charge in [-0.3, -0.25) is 9.59 Å². The number of aliphatic hydroxyl groups excluding tert-OH is 1. The van der Waals surface area contributed by atoms with Gasteiger partial charge >= 0.3 is 11.9 Å². The molecule has 3 unspecified atom stereocenters.